The fourth-order valence-electron chi connectivity index (χ4n) is 0. The number of hydrogen-bond donors (Lipinski definition) is 1. The summed E-state index contributed by atoms with van der Waals surface area (Å²) in [6.45, 7) is 0. The minimum absolute atomic E-state index is 0.250. The van der Waals surface area contributed by atoms with Crippen LogP contribution in [0.15, 0.2) is 0 Å². The zero-order valence-corrected chi connectivity index (χ0v) is 4.44. The van der Waals surface area contributed by atoms with Crippen molar-refractivity contribution in [1.29, 1.82) is 0 Å². The van der Waals surface area contributed by atoms with Crippen molar-refractivity contribution in [2.75, 3.05) is 0 Å². The Balaban J connectivity index is 0. The molecular formula is CH3NO3Ti. The first kappa shape index (κ1) is 9.25. The molecule has 0 saturated carbocycles. The van der Waals surface area contributed by atoms with Crippen molar-refractivity contribution in [3.05, 3.63) is 0 Å². The normalized spacial score (nSPS) is 3.33. The summed E-state index contributed by atoms with van der Waals surface area (Å²) < 4.78 is 17.0. The average molecular weight is 125 g/mol. The van der Waals surface area contributed by atoms with Crippen molar-refractivity contribution < 1.29 is 30.5 Å². The predicted octanol–water partition coefficient (Wildman–Crippen LogP) is -1.14. The van der Waals surface area contributed by atoms with E-state index < -0.39 is 19.1 Å². The van der Waals surface area contributed by atoms with E-state index in [0.29, 0.717) is 0 Å². The van der Waals surface area contributed by atoms with Crippen LogP contribution in [0.4, 0.5) is 0 Å². The van der Waals surface area contributed by atoms with Crippen molar-refractivity contribution in [1.82, 2.24) is 0 Å². The third-order valence-electron chi connectivity index (χ3n) is 0. The number of nitrogens with two attached hydrogens (primary N) is 1. The summed E-state index contributed by atoms with van der Waals surface area (Å²) in [5.41, 5.74) is 4.17. The summed E-state index contributed by atoms with van der Waals surface area (Å²) >= 11 is -2.00. The Labute approximate surface area is 43.3 Å². The molecule has 0 atom stereocenters. The monoisotopic (exact) mass is 125 g/mol. The first-order chi connectivity index (χ1) is 2.83. The van der Waals surface area contributed by atoms with Crippen LogP contribution >= 0.6 is 0 Å². The molecule has 0 aromatic heterocycles. The van der Waals surface area contributed by atoms with Crippen LogP contribution < -0.4 is 5.73 Å². The summed E-state index contributed by atoms with van der Waals surface area (Å²) in [4.78, 5) is 8.58. The molecule has 0 aliphatic carbocycles. The second-order valence-electron chi connectivity index (χ2n) is 0.219. The number of primary amides is 1. The van der Waals surface area contributed by atoms with Crippen LogP contribution in [0.5, 0.6) is 0 Å². The fraction of sp³-hybridized carbons (Fsp3) is 0. The van der Waals surface area contributed by atoms with Gasteiger partial charge in [0.2, 0.25) is 6.41 Å². The average Bonchev–Trinajstić information content (AvgIpc) is 1.39. The maximum absolute atomic E-state index is 8.58. The van der Waals surface area contributed by atoms with Gasteiger partial charge in [-0.25, -0.2) is 0 Å². The molecule has 0 aromatic carbocycles. The zero-order valence-electron chi connectivity index (χ0n) is 2.88. The quantitative estimate of drug-likeness (QED) is 0.328. The van der Waals surface area contributed by atoms with Gasteiger partial charge in [0.1, 0.15) is 0 Å². The van der Waals surface area contributed by atoms with E-state index in [0.717, 1.165) is 0 Å². The van der Waals surface area contributed by atoms with Gasteiger partial charge >= 0.3 is 25.7 Å². The van der Waals surface area contributed by atoms with Crippen molar-refractivity contribution in [2.45, 2.75) is 0 Å². The van der Waals surface area contributed by atoms with E-state index in [1.54, 1.807) is 0 Å². The molecule has 0 fully saturated rings. The molecule has 5 heteroatoms. The van der Waals surface area contributed by atoms with E-state index in [-0.39, 0.29) is 6.41 Å². The summed E-state index contributed by atoms with van der Waals surface area (Å²) in [7, 11) is 0. The molecule has 6 heavy (non-hydrogen) atoms. The van der Waals surface area contributed by atoms with Crippen LogP contribution in [0.1, 0.15) is 0 Å². The third-order valence-corrected chi connectivity index (χ3v) is 0. The molecule has 0 aliphatic heterocycles. The number of hydrogen-bond acceptors (Lipinski definition) is 3. The molecular weight excluding hydrogens is 122 g/mol. The van der Waals surface area contributed by atoms with E-state index in [1.165, 1.54) is 0 Å². The van der Waals surface area contributed by atoms with Gasteiger partial charge in [-0.1, -0.05) is 0 Å². The van der Waals surface area contributed by atoms with Crippen LogP contribution in [-0.4, -0.2) is 6.41 Å². The molecule has 2 N–H and O–H groups in total. The van der Waals surface area contributed by atoms with Gasteiger partial charge in [-0.2, -0.15) is 0 Å². The molecule has 0 spiro atoms. The number of amides is 1. The van der Waals surface area contributed by atoms with Crippen molar-refractivity contribution in [2.24, 2.45) is 5.73 Å². The summed E-state index contributed by atoms with van der Waals surface area (Å²) in [6, 6.07) is 0. The second-order valence-corrected chi connectivity index (χ2v) is 0.480. The van der Waals surface area contributed by atoms with Gasteiger partial charge in [0.05, 0.1) is 0 Å². The summed E-state index contributed by atoms with van der Waals surface area (Å²) in [5.74, 6) is 0. The molecule has 1 amide bonds. The topological polar surface area (TPSA) is 77.2 Å². The first-order valence-corrected chi connectivity index (χ1v) is 2.25. The van der Waals surface area contributed by atoms with Gasteiger partial charge in [0, 0.05) is 0 Å². The molecule has 4 nitrogen and oxygen atoms in total. The minimum atomic E-state index is -2.00. The van der Waals surface area contributed by atoms with E-state index in [9.17, 15) is 0 Å². The van der Waals surface area contributed by atoms with Gasteiger partial charge in [-0.05, 0) is 0 Å². The summed E-state index contributed by atoms with van der Waals surface area (Å²) in [5, 5.41) is 0. The Kier molecular flexibility index (Phi) is 33.2. The van der Waals surface area contributed by atoms with Gasteiger partial charge in [0.15, 0.2) is 0 Å². The molecule has 0 rings (SSSR count). The van der Waals surface area contributed by atoms with Gasteiger partial charge in [-0.3, -0.25) is 4.79 Å². The van der Waals surface area contributed by atoms with Gasteiger partial charge < -0.3 is 5.73 Å². The Morgan fingerprint density at radius 3 is 1.50 bits per heavy atom. The molecule has 0 radical (unpaired) electrons. The van der Waals surface area contributed by atoms with Crippen LogP contribution in [-0.2, 0) is 30.5 Å². The van der Waals surface area contributed by atoms with E-state index in [2.05, 4.69) is 5.73 Å². The Bertz CT molecular complexity index is 55.8. The van der Waals surface area contributed by atoms with Crippen molar-refractivity contribution >= 4 is 6.41 Å². The van der Waals surface area contributed by atoms with E-state index in [1.807, 2.05) is 0 Å². The molecule has 34 valence electrons. The molecule has 0 aromatic rings. The second kappa shape index (κ2) is 21.5. The van der Waals surface area contributed by atoms with Crippen LogP contribution in [0, 0.1) is 0 Å². The van der Waals surface area contributed by atoms with Gasteiger partial charge in [0.25, 0.3) is 0 Å². The Hall–Kier alpha value is -0.216. The maximum atomic E-state index is 8.58. The number of carbonyl (C=O) groups excluding carboxylic acids is 1. The van der Waals surface area contributed by atoms with E-state index >= 15 is 0 Å². The third kappa shape index (κ3) is 630. The van der Waals surface area contributed by atoms with Crippen LogP contribution in [0.25, 0.3) is 0 Å². The van der Waals surface area contributed by atoms with Crippen molar-refractivity contribution in [3.63, 3.8) is 0 Å². The summed E-state index contributed by atoms with van der Waals surface area (Å²) in [6.07, 6.45) is 0.250. The van der Waals surface area contributed by atoms with Gasteiger partial charge in [-0.15, -0.1) is 0 Å². The van der Waals surface area contributed by atoms with Crippen molar-refractivity contribution in [3.8, 4) is 0 Å². The molecule has 0 bridgehead atoms. The SMILES string of the molecule is NC=O.[O]=[Ti]=[O]. The zero-order chi connectivity index (χ0) is 5.41. The van der Waals surface area contributed by atoms with Crippen LogP contribution in [0.2, 0.25) is 0 Å². The molecule has 0 aliphatic rings. The van der Waals surface area contributed by atoms with Crippen LogP contribution in [0.3, 0.4) is 0 Å². The Morgan fingerprint density at radius 1 is 1.50 bits per heavy atom. The predicted molar refractivity (Wildman–Crippen MR) is 11.6 cm³/mol. The van der Waals surface area contributed by atoms with E-state index in [4.69, 9.17) is 11.4 Å². The first-order valence-electron chi connectivity index (χ1n) is 0.977. The fourth-order valence-corrected chi connectivity index (χ4v) is 0. The standard InChI is InChI=1S/CH3NO.2O.Ti/c2-1-3;;;/h1H,(H2,2,3);;;. The molecule has 0 saturated heterocycles. The molecule has 0 unspecified atom stereocenters. The number of carbonyl (C=O) groups is 1. The molecule has 0 heterocycles. The Morgan fingerprint density at radius 2 is 1.50 bits per heavy atom. The number of rotatable bonds is 0.